The van der Waals surface area contributed by atoms with Crippen LogP contribution in [-0.4, -0.2) is 45.8 Å². The maximum atomic E-state index is 12.8. The van der Waals surface area contributed by atoms with Crippen molar-refractivity contribution in [2.75, 3.05) is 22.9 Å². The predicted octanol–water partition coefficient (Wildman–Crippen LogP) is 5.58. The number of piperidine rings is 1. The van der Waals surface area contributed by atoms with Crippen molar-refractivity contribution in [2.24, 2.45) is 0 Å². The van der Waals surface area contributed by atoms with Crippen molar-refractivity contribution in [3.8, 4) is 23.0 Å². The van der Waals surface area contributed by atoms with Gasteiger partial charge < -0.3 is 23.9 Å². The Kier molecular flexibility index (Phi) is 6.54. The maximum Gasteiger partial charge on any atom is 0.341 e. The summed E-state index contributed by atoms with van der Waals surface area (Å²) in [5.74, 6) is -1.30. The number of hydrogen-bond donors (Lipinski definition) is 1. The molecule has 9 heteroatoms. The summed E-state index contributed by atoms with van der Waals surface area (Å²) in [5.41, 5.74) is 3.46. The van der Waals surface area contributed by atoms with Gasteiger partial charge in [0.2, 0.25) is 0 Å². The summed E-state index contributed by atoms with van der Waals surface area (Å²) in [6, 6.07) is 15.9. The second-order valence-corrected chi connectivity index (χ2v) is 10.8. The first kappa shape index (κ1) is 25.7. The first-order chi connectivity index (χ1) is 19.3. The van der Waals surface area contributed by atoms with E-state index in [2.05, 4.69) is 29.7 Å². The molecule has 4 aromatic rings. The van der Waals surface area contributed by atoms with Crippen molar-refractivity contribution in [1.29, 1.82) is 5.26 Å². The van der Waals surface area contributed by atoms with Crippen LogP contribution in [0.2, 0.25) is 0 Å². The largest absolute Gasteiger partial charge is 0.477 e. The molecule has 40 heavy (non-hydrogen) atoms. The maximum absolute atomic E-state index is 12.8. The third-order valence-electron chi connectivity index (χ3n) is 8.19. The number of carbonyl (C=O) groups is 1. The number of pyridine rings is 1. The standard InChI is InChI=1S/C31H31N5O4/c1-19-6-5-7-20(2)36(19)31-33-25-10-9-23(15-29(25)40-31)35-18-24(30(38)39)28(37)16-27(35)21-8-11-26(22(14-21)17-32)34-12-3-4-13-34/h8-11,14-16,18-20H,3-7,12-13H2,1-2H3,(H,38,39). The molecule has 6 rings (SSSR count). The second-order valence-electron chi connectivity index (χ2n) is 10.8. The van der Waals surface area contributed by atoms with Gasteiger partial charge in [0, 0.05) is 54.8 Å². The molecule has 2 unspecified atom stereocenters. The lowest BCUT2D eigenvalue weighted by atomic mass is 9.98. The fraction of sp³-hybridized carbons (Fsp3) is 0.355. The van der Waals surface area contributed by atoms with E-state index < -0.39 is 11.4 Å². The number of nitriles is 1. The Morgan fingerprint density at radius 3 is 2.50 bits per heavy atom. The highest BCUT2D eigenvalue weighted by Gasteiger charge is 2.29. The van der Waals surface area contributed by atoms with Crippen LogP contribution in [0.4, 0.5) is 11.7 Å². The number of hydrogen-bond acceptors (Lipinski definition) is 7. The highest BCUT2D eigenvalue weighted by atomic mass is 16.4. The number of carboxylic acids is 1. The lowest BCUT2D eigenvalue weighted by Gasteiger charge is -2.37. The van der Waals surface area contributed by atoms with Crippen molar-refractivity contribution < 1.29 is 14.3 Å². The molecule has 0 bridgehead atoms. The molecule has 2 aromatic heterocycles. The summed E-state index contributed by atoms with van der Waals surface area (Å²) in [7, 11) is 0. The van der Waals surface area contributed by atoms with Crippen molar-refractivity contribution in [1.82, 2.24) is 9.55 Å². The minimum absolute atomic E-state index is 0.317. The lowest BCUT2D eigenvalue weighted by Crippen LogP contribution is -2.44. The number of nitrogens with zero attached hydrogens (tertiary/aromatic N) is 5. The number of rotatable bonds is 5. The summed E-state index contributed by atoms with van der Waals surface area (Å²) in [6.07, 6.45) is 6.85. The minimum Gasteiger partial charge on any atom is -0.477 e. The molecule has 0 aliphatic carbocycles. The Morgan fingerprint density at radius 1 is 1.05 bits per heavy atom. The molecule has 2 aliphatic rings. The number of aromatic nitrogens is 2. The van der Waals surface area contributed by atoms with Crippen molar-refractivity contribution >= 4 is 28.8 Å². The topological polar surface area (TPSA) is 116 Å². The van der Waals surface area contributed by atoms with E-state index in [1.165, 1.54) is 18.7 Å². The van der Waals surface area contributed by atoms with E-state index in [1.54, 1.807) is 10.6 Å². The fourth-order valence-corrected chi connectivity index (χ4v) is 6.11. The van der Waals surface area contributed by atoms with Gasteiger partial charge in [0.25, 0.3) is 6.01 Å². The van der Waals surface area contributed by atoms with Crippen molar-refractivity contribution in [2.45, 2.75) is 58.0 Å². The van der Waals surface area contributed by atoms with E-state index in [1.807, 2.05) is 30.3 Å². The molecule has 204 valence electrons. The normalized spacial score (nSPS) is 19.2. The summed E-state index contributed by atoms with van der Waals surface area (Å²) >= 11 is 0. The lowest BCUT2D eigenvalue weighted by molar-refractivity contribution is 0.0695. The highest BCUT2D eigenvalue weighted by molar-refractivity contribution is 5.88. The van der Waals surface area contributed by atoms with Gasteiger partial charge in [-0.05, 0) is 70.2 Å². The molecular formula is C31H31N5O4. The van der Waals surface area contributed by atoms with Crippen molar-refractivity contribution in [3.63, 3.8) is 0 Å². The van der Waals surface area contributed by atoms with Crippen LogP contribution in [-0.2, 0) is 0 Å². The predicted molar refractivity (Wildman–Crippen MR) is 153 cm³/mol. The third kappa shape index (κ3) is 4.49. The average molecular weight is 538 g/mol. The van der Waals surface area contributed by atoms with Gasteiger partial charge >= 0.3 is 5.97 Å². The van der Waals surface area contributed by atoms with E-state index >= 15 is 0 Å². The van der Waals surface area contributed by atoms with Crippen LogP contribution < -0.4 is 15.2 Å². The Bertz CT molecular complexity index is 1700. The van der Waals surface area contributed by atoms with Crippen molar-refractivity contribution in [3.05, 3.63) is 70.0 Å². The molecule has 0 radical (unpaired) electrons. The quantitative estimate of drug-likeness (QED) is 0.351. The Hall–Kier alpha value is -4.58. The van der Waals surface area contributed by atoms with Gasteiger partial charge in [-0.25, -0.2) is 4.79 Å². The number of oxazole rings is 1. The van der Waals surface area contributed by atoms with Gasteiger partial charge in [0.05, 0.1) is 16.9 Å². The summed E-state index contributed by atoms with van der Waals surface area (Å²) in [6.45, 7) is 6.17. The van der Waals surface area contributed by atoms with Gasteiger partial charge in [-0.2, -0.15) is 10.2 Å². The molecule has 2 aliphatic heterocycles. The summed E-state index contributed by atoms with van der Waals surface area (Å²) in [5, 5.41) is 19.6. The molecule has 4 heterocycles. The smallest absolute Gasteiger partial charge is 0.341 e. The number of benzene rings is 2. The number of aromatic carboxylic acids is 1. The van der Waals surface area contributed by atoms with Crippen LogP contribution in [0.15, 0.2) is 57.9 Å². The molecule has 9 nitrogen and oxygen atoms in total. The zero-order chi connectivity index (χ0) is 28.0. The number of fused-ring (bicyclic) bond motifs is 1. The zero-order valence-corrected chi connectivity index (χ0v) is 22.6. The van der Waals surface area contributed by atoms with Crippen LogP contribution in [0.3, 0.4) is 0 Å². The van der Waals surface area contributed by atoms with Gasteiger partial charge in [-0.15, -0.1) is 0 Å². The van der Waals surface area contributed by atoms with E-state index in [-0.39, 0.29) is 5.56 Å². The van der Waals surface area contributed by atoms with Crippen LogP contribution in [0.5, 0.6) is 0 Å². The molecule has 2 saturated heterocycles. The van der Waals surface area contributed by atoms with E-state index in [0.717, 1.165) is 44.5 Å². The highest BCUT2D eigenvalue weighted by Crippen LogP contribution is 2.34. The third-order valence-corrected chi connectivity index (χ3v) is 8.19. The monoisotopic (exact) mass is 537 g/mol. The SMILES string of the molecule is CC1CCCC(C)N1c1nc2ccc(-n3cc(C(=O)O)c(=O)cc3-c3ccc(N4CCCC4)c(C#N)c3)cc2o1. The van der Waals surface area contributed by atoms with E-state index in [4.69, 9.17) is 9.40 Å². The number of anilines is 2. The van der Waals surface area contributed by atoms with Crippen LogP contribution in [0.1, 0.15) is 61.9 Å². The molecule has 0 saturated carbocycles. The van der Waals surface area contributed by atoms with Gasteiger partial charge in [0.15, 0.2) is 11.0 Å². The molecule has 0 amide bonds. The van der Waals surface area contributed by atoms with E-state index in [0.29, 0.717) is 51.7 Å². The Balaban J connectivity index is 1.47. The second kappa shape index (κ2) is 10.2. The minimum atomic E-state index is -1.30. The molecule has 0 spiro atoms. The van der Waals surface area contributed by atoms with Crippen LogP contribution >= 0.6 is 0 Å². The van der Waals surface area contributed by atoms with Gasteiger partial charge in [-0.1, -0.05) is 6.07 Å². The first-order valence-corrected chi connectivity index (χ1v) is 13.8. The summed E-state index contributed by atoms with van der Waals surface area (Å²) in [4.78, 5) is 33.9. The molecule has 2 atom stereocenters. The Labute approximate surface area is 231 Å². The van der Waals surface area contributed by atoms with Gasteiger partial charge in [0.1, 0.15) is 17.1 Å². The fourth-order valence-electron chi connectivity index (χ4n) is 6.11. The average Bonchev–Trinajstić information content (AvgIpc) is 3.62. The van der Waals surface area contributed by atoms with E-state index in [9.17, 15) is 20.0 Å². The molecule has 2 fully saturated rings. The van der Waals surface area contributed by atoms with Gasteiger partial charge in [-0.3, -0.25) is 4.79 Å². The van der Waals surface area contributed by atoms with Crippen LogP contribution in [0, 0.1) is 11.3 Å². The number of carboxylic acid groups (broad SMARTS) is 1. The zero-order valence-electron chi connectivity index (χ0n) is 22.6. The van der Waals surface area contributed by atoms with Crippen LogP contribution in [0.25, 0.3) is 28.0 Å². The first-order valence-electron chi connectivity index (χ1n) is 13.8. The molecular weight excluding hydrogens is 506 g/mol. The molecule has 2 aromatic carbocycles. The summed E-state index contributed by atoms with van der Waals surface area (Å²) < 4.78 is 7.91. The Morgan fingerprint density at radius 2 is 1.80 bits per heavy atom. The molecule has 1 N–H and O–H groups in total.